The summed E-state index contributed by atoms with van der Waals surface area (Å²) in [6.07, 6.45) is -25.5. The lowest BCUT2D eigenvalue weighted by molar-refractivity contribution is -0.274. The molecule has 7 aromatic carbocycles. The first-order valence-corrected chi connectivity index (χ1v) is 42.1. The van der Waals surface area contributed by atoms with Crippen molar-refractivity contribution in [3.05, 3.63) is 367 Å². The molecule has 0 bridgehead atoms. The van der Waals surface area contributed by atoms with Gasteiger partial charge in [0.15, 0.2) is 40.4 Å². The number of para-hydroxylation sites is 4. The summed E-state index contributed by atoms with van der Waals surface area (Å²) in [4.78, 5) is 49.2. The maximum atomic E-state index is 13.6. The van der Waals surface area contributed by atoms with E-state index in [0.29, 0.717) is 39.5 Å². The second-order valence-electron chi connectivity index (χ2n) is 30.5. The van der Waals surface area contributed by atoms with Crippen LogP contribution in [0.15, 0.2) is 316 Å². The normalized spacial score (nSPS) is 12.1. The summed E-state index contributed by atoms with van der Waals surface area (Å²) >= 11 is 5.86. The lowest BCUT2D eigenvalue weighted by Crippen LogP contribution is -2.16. The van der Waals surface area contributed by atoms with Crippen molar-refractivity contribution >= 4 is 108 Å². The van der Waals surface area contributed by atoms with Crippen LogP contribution in [0.2, 0.25) is 5.02 Å². The Bertz CT molecular complexity index is 7970. The van der Waals surface area contributed by atoms with Crippen molar-refractivity contribution < 1.29 is 110 Å². The van der Waals surface area contributed by atoms with Crippen LogP contribution < -0.4 is 31.3 Å². The predicted molar refractivity (Wildman–Crippen MR) is 486 cm³/mol. The third kappa shape index (κ3) is 24.4. The SMILES string of the molecule is Cc1nc2ccccc2n1-c1cncc(Nc2ccc(C(F)(F)F)cc2)n1.FC(F)(F)Oc1ccc(Nc2cccc(-c3c(C(F)(F)F)nc4ccccn34)n2)cc1.FC(F)(F)c1ccc(Nc2cncc(-c3cccc4cc(C(F)(F)F)nn34)n2)cc1.FC(F)(F)c1ccc(Nc2cncc(-n3c(C(F)(F)F)nc4ccccc43)n2)cc1.FC(F)(F)c1nc2ccccn2c1-c1cccc(Nc2ccc(Cl)cc2)n1. The van der Waals surface area contributed by atoms with Crippen LogP contribution in [0.25, 0.3) is 84.7 Å². The van der Waals surface area contributed by atoms with Crippen molar-refractivity contribution in [2.24, 2.45) is 0 Å². The zero-order chi connectivity index (χ0) is 103. The first-order chi connectivity index (χ1) is 68.7. The molecule has 0 saturated heterocycles. The number of anilines is 10. The Hall–Kier alpha value is -17.5. The number of fused-ring (bicyclic) bond motifs is 5. The number of aryl methyl sites for hydroxylation is 1. The van der Waals surface area contributed by atoms with Crippen LogP contribution in [0.4, 0.5) is 163 Å². The van der Waals surface area contributed by atoms with Crippen LogP contribution in [0, 0.1) is 6.92 Å². The van der Waals surface area contributed by atoms with Crippen molar-refractivity contribution in [1.82, 2.24) is 87.4 Å². The third-order valence-corrected chi connectivity index (χ3v) is 20.7. The molecule has 49 heteroatoms. The molecule has 0 aliphatic carbocycles. The van der Waals surface area contributed by atoms with Gasteiger partial charge in [-0.2, -0.15) is 97.3 Å². The van der Waals surface area contributed by atoms with Crippen molar-refractivity contribution in [1.29, 1.82) is 0 Å². The van der Waals surface area contributed by atoms with E-state index in [0.717, 1.165) is 92.4 Å². The molecule has 0 unspecified atom stereocenters. The van der Waals surface area contributed by atoms with Crippen molar-refractivity contribution in [2.75, 3.05) is 26.6 Å². The smallest absolute Gasteiger partial charge is 0.406 e. The van der Waals surface area contributed by atoms with Crippen LogP contribution in [0.1, 0.15) is 45.4 Å². The Morgan fingerprint density at radius 1 is 0.310 bits per heavy atom. The fraction of sp³-hybridized carbons (Fsp3) is 0.0938. The molecular weight excluding hydrogens is 1980 g/mol. The number of imidazole rings is 4. The average molecular weight is 2040 g/mol. The molecule has 0 aliphatic heterocycles. The zero-order valence-corrected chi connectivity index (χ0v) is 73.7. The van der Waals surface area contributed by atoms with Crippen LogP contribution in [-0.2, 0) is 43.2 Å². The van der Waals surface area contributed by atoms with E-state index in [9.17, 15) is 105 Å². The van der Waals surface area contributed by atoms with E-state index in [-0.39, 0.29) is 91.0 Å². The summed E-state index contributed by atoms with van der Waals surface area (Å²) in [6.45, 7) is 1.87. The van der Waals surface area contributed by atoms with Crippen LogP contribution in [-0.4, -0.2) is 93.7 Å². The molecule has 145 heavy (non-hydrogen) atoms. The van der Waals surface area contributed by atoms with E-state index in [4.69, 9.17) is 11.6 Å². The van der Waals surface area contributed by atoms with E-state index in [1.807, 2.05) is 35.8 Å². The molecule has 0 radical (unpaired) electrons. The number of ether oxygens (including phenoxy) is 1. The molecule has 20 rings (SSSR count). The first kappa shape index (κ1) is 100. The van der Waals surface area contributed by atoms with Gasteiger partial charge in [0.05, 0.1) is 98.5 Å². The Balaban J connectivity index is 0.000000130. The fourth-order valence-corrected chi connectivity index (χ4v) is 14.3. The number of nitrogens with one attached hydrogen (secondary N) is 5. The van der Waals surface area contributed by atoms with Gasteiger partial charge >= 0.3 is 49.6 Å². The second kappa shape index (κ2) is 40.6. The number of pyridine rings is 5. The Morgan fingerprint density at radius 3 is 1.13 bits per heavy atom. The highest BCUT2D eigenvalue weighted by atomic mass is 35.5. The maximum absolute atomic E-state index is 13.6. The Kier molecular flexibility index (Phi) is 28.1. The van der Waals surface area contributed by atoms with Crippen LogP contribution >= 0.6 is 11.6 Å². The minimum atomic E-state index is -4.81. The summed E-state index contributed by atoms with van der Waals surface area (Å²) in [5.74, 6) is 0.901. The van der Waals surface area contributed by atoms with Gasteiger partial charge in [-0.3, -0.25) is 32.9 Å². The van der Waals surface area contributed by atoms with E-state index >= 15 is 0 Å². The molecule has 740 valence electrons. The number of alkyl halides is 24. The predicted octanol–water partition coefficient (Wildman–Crippen LogP) is 27.9. The highest BCUT2D eigenvalue weighted by molar-refractivity contribution is 6.30. The highest BCUT2D eigenvalue weighted by Crippen LogP contribution is 2.43. The van der Waals surface area contributed by atoms with E-state index < -0.39 is 94.9 Å². The van der Waals surface area contributed by atoms with Gasteiger partial charge in [0, 0.05) is 45.9 Å². The quantitative estimate of drug-likeness (QED) is 0.0563. The van der Waals surface area contributed by atoms with E-state index in [1.54, 1.807) is 85.1 Å². The molecule has 0 spiro atoms. The van der Waals surface area contributed by atoms with Gasteiger partial charge in [0.25, 0.3) is 0 Å². The molecule has 13 aromatic heterocycles. The number of nitrogens with zero attached hydrogens (tertiary/aromatic N) is 18. The summed E-state index contributed by atoms with van der Waals surface area (Å²) in [6, 6.07) is 62.9. The van der Waals surface area contributed by atoms with Crippen molar-refractivity contribution in [2.45, 2.75) is 56.5 Å². The summed E-state index contributed by atoms with van der Waals surface area (Å²) in [7, 11) is 0. The average Bonchev–Trinajstić information content (AvgIpc) is 1.62. The molecular formula is C96H60ClF24N23O. The van der Waals surface area contributed by atoms with E-state index in [2.05, 4.69) is 96.2 Å². The first-order valence-electron chi connectivity index (χ1n) is 41.7. The number of hydrogen-bond acceptors (Lipinski definition) is 19. The molecule has 5 N–H and O–H groups in total. The van der Waals surface area contributed by atoms with Gasteiger partial charge in [0.1, 0.15) is 57.4 Å². The lowest BCUT2D eigenvalue weighted by Gasteiger charge is -2.12. The second-order valence-corrected chi connectivity index (χ2v) is 31.0. The molecule has 0 amide bonds. The number of halogens is 25. The lowest BCUT2D eigenvalue weighted by atomic mass is 10.2. The number of aromatic nitrogens is 18. The molecule has 0 saturated carbocycles. The minimum Gasteiger partial charge on any atom is -0.406 e. The summed E-state index contributed by atoms with van der Waals surface area (Å²) < 4.78 is 322. The third-order valence-electron chi connectivity index (χ3n) is 20.4. The molecule has 0 aliphatic rings. The largest absolute Gasteiger partial charge is 0.573 e. The van der Waals surface area contributed by atoms with Crippen LogP contribution in [0.5, 0.6) is 5.75 Å². The Labute approximate surface area is 803 Å². The number of benzene rings is 7. The van der Waals surface area contributed by atoms with Gasteiger partial charge in [-0.25, -0.2) is 49.4 Å². The number of hydrogen-bond donors (Lipinski definition) is 5. The molecule has 13 heterocycles. The molecule has 20 aromatic rings. The monoisotopic (exact) mass is 2040 g/mol. The van der Waals surface area contributed by atoms with Gasteiger partial charge < -0.3 is 31.3 Å². The van der Waals surface area contributed by atoms with Crippen molar-refractivity contribution in [3.8, 4) is 51.5 Å². The maximum Gasteiger partial charge on any atom is 0.573 e. The summed E-state index contributed by atoms with van der Waals surface area (Å²) in [5, 5.41) is 18.6. The van der Waals surface area contributed by atoms with Crippen LogP contribution in [0.3, 0.4) is 0 Å². The molecule has 24 nitrogen and oxygen atoms in total. The summed E-state index contributed by atoms with van der Waals surface area (Å²) in [5.41, 5.74) is -0.241. The van der Waals surface area contributed by atoms with Crippen molar-refractivity contribution in [3.63, 3.8) is 0 Å². The molecule has 0 atom stereocenters. The Morgan fingerprint density at radius 2 is 0.697 bits per heavy atom. The molecule has 0 fully saturated rings. The zero-order valence-electron chi connectivity index (χ0n) is 72.9. The number of rotatable bonds is 16. The van der Waals surface area contributed by atoms with Gasteiger partial charge in [-0.1, -0.05) is 66.2 Å². The standard InChI is InChI=1S/C20H12F6N4O.C19H12ClF3N4.2C19H11F6N5.C19H14F3N5/c21-19(22,23)18-17(30-11-2-1-6-16(30)29-18)14-4-3-5-15(28-14)27-12-7-9-13(10-8-12)31-20(24,25)26;20-12-7-9-13(10-8-12)24-15-5-3-4-14(25-15)17-18(19(21,22)23)26-16-6-1-2-11-27(16)17;20-18(21,22)11-4-6-12(7-5-11)27-17-10-26-9-14(28-17)15-3-1-2-13-8-16(19(23,24)25)29-30(13)15;20-18(21,22)11-5-7-12(8-6-11)27-15-9-26-10-16(29-15)30-14-4-2-1-3-13(14)28-17(30)19(23,24)25;1-12-24-15-4-2-3-5-16(15)27(12)18-11-23-10-17(26-18)25-14-8-6-13(7-9-14)19(20,21)22/h1-11H,(H,27,28);1-11H,(H,24,25);1-10H,(H,27,28);1-10H,(H,27,29);2-11H,1H3,(H,25,26). The van der Waals surface area contributed by atoms with Gasteiger partial charge in [-0.05, 0) is 219 Å². The fourth-order valence-electron chi connectivity index (χ4n) is 14.2. The highest BCUT2D eigenvalue weighted by Gasteiger charge is 2.43. The van der Waals surface area contributed by atoms with Gasteiger partial charge in [0.2, 0.25) is 5.82 Å². The van der Waals surface area contributed by atoms with Gasteiger partial charge in [-0.15, -0.1) is 13.2 Å². The topological polar surface area (TPSA) is 260 Å². The van der Waals surface area contributed by atoms with E-state index in [1.165, 1.54) is 155 Å². The minimum absolute atomic E-state index is 0.0213.